The first-order chi connectivity index (χ1) is 24.5. The lowest BCUT2D eigenvalue weighted by molar-refractivity contribution is -0.130. The van der Waals surface area contributed by atoms with E-state index in [1.807, 2.05) is 52.0 Å². The maximum Gasteiger partial charge on any atom is 0.407 e. The number of carbonyl (C=O) groups excluding carboxylic acids is 3. The van der Waals surface area contributed by atoms with Crippen LogP contribution in [0, 0.1) is 18.8 Å². The molecule has 1 aliphatic rings. The van der Waals surface area contributed by atoms with Crippen molar-refractivity contribution >= 4 is 44.5 Å². The van der Waals surface area contributed by atoms with E-state index in [1.165, 1.54) is 18.4 Å². The molecule has 1 aliphatic carbocycles. The molecule has 0 aliphatic heterocycles. The molecule has 0 spiro atoms. The van der Waals surface area contributed by atoms with Crippen LogP contribution in [0.3, 0.4) is 0 Å². The minimum atomic E-state index is -3.62. The largest absolute Gasteiger partial charge is 0.444 e. The number of anilines is 1. The highest BCUT2D eigenvalue weighted by molar-refractivity contribution is 7.89. The second kappa shape index (κ2) is 15.7. The molecule has 3 aromatic carbocycles. The van der Waals surface area contributed by atoms with Crippen molar-refractivity contribution in [2.24, 2.45) is 11.8 Å². The predicted molar refractivity (Wildman–Crippen MR) is 200 cm³/mol. The number of aromatic amines is 2. The van der Waals surface area contributed by atoms with E-state index in [1.54, 1.807) is 36.4 Å². The molecule has 1 fully saturated rings. The normalized spacial score (nSPS) is 17.1. The number of carbonyl (C=O) groups is 3. The van der Waals surface area contributed by atoms with Crippen molar-refractivity contribution in [1.29, 1.82) is 0 Å². The zero-order chi connectivity index (χ0) is 37.8. The highest BCUT2D eigenvalue weighted by Gasteiger charge is 2.30. The fraction of sp³-hybridized carbons (Fsp3) is 0.421. The first-order valence-corrected chi connectivity index (χ1v) is 18.8. The summed E-state index contributed by atoms with van der Waals surface area (Å²) in [4.78, 5) is 51.7. The molecule has 5 rings (SSSR count). The van der Waals surface area contributed by atoms with Gasteiger partial charge in [0.05, 0.1) is 15.8 Å². The topological polar surface area (TPSA) is 183 Å². The molecule has 1 atom stereocenters. The fourth-order valence-corrected chi connectivity index (χ4v) is 7.28. The van der Waals surface area contributed by atoms with Gasteiger partial charge < -0.3 is 20.7 Å². The highest BCUT2D eigenvalue weighted by atomic mass is 32.2. The molecule has 1 aromatic heterocycles. The predicted octanol–water partition coefficient (Wildman–Crippen LogP) is 5.08. The molecule has 1 unspecified atom stereocenters. The number of rotatable bonds is 11. The Hall–Kier alpha value is -4.95. The number of hydrogen-bond donors (Lipinski definition) is 5. The number of H-pyrrole nitrogens is 2. The first-order valence-electron chi connectivity index (χ1n) is 17.4. The van der Waals surface area contributed by atoms with Gasteiger partial charge in [0.15, 0.2) is 0 Å². The van der Waals surface area contributed by atoms with E-state index >= 15 is 0 Å². The summed E-state index contributed by atoms with van der Waals surface area (Å²) in [5, 5.41) is 14.5. The molecular weight excluding hydrogens is 685 g/mol. The van der Waals surface area contributed by atoms with Crippen molar-refractivity contribution in [2.45, 2.75) is 76.3 Å². The van der Waals surface area contributed by atoms with E-state index in [0.717, 1.165) is 35.1 Å². The molecule has 0 bridgehead atoms. The van der Waals surface area contributed by atoms with Crippen LogP contribution >= 0.6 is 0 Å². The molecule has 0 saturated heterocycles. The van der Waals surface area contributed by atoms with Gasteiger partial charge in [-0.05, 0) is 112 Å². The van der Waals surface area contributed by atoms with Crippen molar-refractivity contribution in [3.8, 4) is 11.1 Å². The lowest BCUT2D eigenvalue weighted by Crippen LogP contribution is -2.48. The van der Waals surface area contributed by atoms with Crippen LogP contribution in [-0.2, 0) is 30.8 Å². The Balaban J connectivity index is 1.30. The molecule has 14 heteroatoms. The van der Waals surface area contributed by atoms with Crippen LogP contribution in [0.25, 0.3) is 22.0 Å². The maximum atomic E-state index is 13.8. The molecule has 1 saturated carbocycles. The van der Waals surface area contributed by atoms with Gasteiger partial charge in [-0.25, -0.2) is 17.5 Å². The van der Waals surface area contributed by atoms with Gasteiger partial charge in [-0.3, -0.25) is 24.6 Å². The number of sulfonamides is 1. The van der Waals surface area contributed by atoms with Gasteiger partial charge in [-0.1, -0.05) is 30.3 Å². The molecule has 52 heavy (non-hydrogen) atoms. The summed E-state index contributed by atoms with van der Waals surface area (Å²) in [6.07, 6.45) is 2.47. The third-order valence-corrected chi connectivity index (χ3v) is 11.1. The molecule has 3 amide bonds. The van der Waals surface area contributed by atoms with E-state index in [0.29, 0.717) is 36.0 Å². The van der Waals surface area contributed by atoms with Crippen molar-refractivity contribution in [2.75, 3.05) is 26.0 Å². The number of hydrogen-bond acceptors (Lipinski definition) is 7. The lowest BCUT2D eigenvalue weighted by atomic mass is 9.81. The van der Waals surface area contributed by atoms with Crippen LogP contribution < -0.4 is 21.5 Å². The van der Waals surface area contributed by atoms with Gasteiger partial charge in [0, 0.05) is 38.7 Å². The van der Waals surface area contributed by atoms with Crippen LogP contribution in [0.2, 0.25) is 0 Å². The summed E-state index contributed by atoms with van der Waals surface area (Å²) in [7, 11) is -0.640. The summed E-state index contributed by atoms with van der Waals surface area (Å²) < 4.78 is 32.1. The number of fused-ring (bicyclic) bond motifs is 1. The average Bonchev–Trinajstić information content (AvgIpc) is 3.46. The zero-order valence-electron chi connectivity index (χ0n) is 30.5. The second-order valence-electron chi connectivity index (χ2n) is 14.7. The Kier molecular flexibility index (Phi) is 11.6. The molecule has 0 radical (unpaired) electrons. The van der Waals surface area contributed by atoms with Gasteiger partial charge in [0.2, 0.25) is 21.8 Å². The molecule has 4 aromatic rings. The van der Waals surface area contributed by atoms with Gasteiger partial charge in [0.1, 0.15) is 11.6 Å². The number of nitrogens with zero attached hydrogens (tertiary/aromatic N) is 1. The zero-order valence-corrected chi connectivity index (χ0v) is 31.3. The number of aryl methyl sites for hydroxylation is 1. The Morgan fingerprint density at radius 3 is 2.29 bits per heavy atom. The van der Waals surface area contributed by atoms with E-state index in [4.69, 9.17) is 4.74 Å². The summed E-state index contributed by atoms with van der Waals surface area (Å²) in [5.41, 5.74) is 3.44. The smallest absolute Gasteiger partial charge is 0.407 e. The summed E-state index contributed by atoms with van der Waals surface area (Å²) in [5.74, 6) is -0.695. The van der Waals surface area contributed by atoms with Crippen molar-refractivity contribution in [3.05, 3.63) is 82.1 Å². The van der Waals surface area contributed by atoms with Crippen molar-refractivity contribution in [1.82, 2.24) is 25.1 Å². The quantitative estimate of drug-likeness (QED) is 0.143. The number of benzene rings is 3. The maximum absolute atomic E-state index is 13.8. The van der Waals surface area contributed by atoms with Crippen LogP contribution in [0.15, 0.2) is 70.4 Å². The van der Waals surface area contributed by atoms with Crippen LogP contribution in [0.4, 0.5) is 10.5 Å². The van der Waals surface area contributed by atoms with Crippen LogP contribution in [0.1, 0.15) is 57.6 Å². The monoisotopic (exact) mass is 732 g/mol. The van der Waals surface area contributed by atoms with Crippen molar-refractivity contribution in [3.63, 3.8) is 0 Å². The van der Waals surface area contributed by atoms with Gasteiger partial charge >= 0.3 is 6.09 Å². The number of amides is 3. The second-order valence-corrected chi connectivity index (χ2v) is 16.8. The molecule has 278 valence electrons. The van der Waals surface area contributed by atoms with Crippen LogP contribution in [0.5, 0.6) is 0 Å². The SMILES string of the molecule is Cc1ccc(S(=O)(=O)N(C)C)cc1-c1ccc(CC(NC(=O)C2CCC(CNC(=O)OC(C)(C)C)CC2)C(=O)Nc2ccc3c(=O)[nH][nH]c3c2)cc1. The Morgan fingerprint density at radius 2 is 1.63 bits per heavy atom. The molecule has 13 nitrogen and oxygen atoms in total. The Bertz CT molecular complexity index is 2090. The summed E-state index contributed by atoms with van der Waals surface area (Å²) >= 11 is 0. The van der Waals surface area contributed by atoms with Crippen LogP contribution in [-0.4, -0.2) is 73.1 Å². The van der Waals surface area contributed by atoms with E-state index in [-0.39, 0.29) is 34.6 Å². The molecule has 1 heterocycles. The number of alkyl carbamates (subject to hydrolysis) is 1. The van der Waals surface area contributed by atoms with Crippen molar-refractivity contribution < 1.29 is 27.5 Å². The third kappa shape index (κ3) is 9.48. The first kappa shape index (κ1) is 38.3. The average molecular weight is 733 g/mol. The van der Waals surface area contributed by atoms with Gasteiger partial charge in [-0.2, -0.15) is 0 Å². The Labute approximate surface area is 303 Å². The van der Waals surface area contributed by atoms with Gasteiger partial charge in [0.25, 0.3) is 5.56 Å². The molecular formula is C38H48N6O7S. The minimum absolute atomic E-state index is 0.192. The fourth-order valence-electron chi connectivity index (χ4n) is 6.35. The number of nitrogens with one attached hydrogen (secondary N) is 5. The van der Waals surface area contributed by atoms with Gasteiger partial charge in [-0.15, -0.1) is 0 Å². The number of ether oxygens (including phenoxy) is 1. The highest BCUT2D eigenvalue weighted by Crippen LogP contribution is 2.30. The van der Waals surface area contributed by atoms with E-state index < -0.39 is 33.7 Å². The minimum Gasteiger partial charge on any atom is -0.444 e. The summed E-state index contributed by atoms with van der Waals surface area (Å²) in [6, 6.07) is 16.5. The molecule has 5 N–H and O–H groups in total. The lowest BCUT2D eigenvalue weighted by Gasteiger charge is -2.29. The van der Waals surface area contributed by atoms with E-state index in [2.05, 4.69) is 26.1 Å². The standard InChI is InChI=1S/C38H48N6O7S/c1-23-7-17-29(52(49,50)44(5)6)21-31(23)26-12-8-24(9-13-26)19-33(36(47)40-28-16-18-30-32(20-28)42-43-35(30)46)41-34(45)27-14-10-25(11-15-27)22-39-37(48)51-38(2,3)4/h7-9,12-13,16-18,20-21,25,27,33H,10-11,14-15,19,22H2,1-6H3,(H,39,48)(H,40,47)(H,41,45)(H2,42,43,46). The Morgan fingerprint density at radius 1 is 0.942 bits per heavy atom. The summed E-state index contributed by atoms with van der Waals surface area (Å²) in [6.45, 7) is 7.81. The van der Waals surface area contributed by atoms with E-state index in [9.17, 15) is 27.6 Å². The third-order valence-electron chi connectivity index (χ3n) is 9.32. The number of aromatic nitrogens is 2.